The van der Waals surface area contributed by atoms with E-state index in [0.29, 0.717) is 40.0 Å². The van der Waals surface area contributed by atoms with E-state index in [2.05, 4.69) is 15.6 Å². The maximum atomic E-state index is 12.3. The molecule has 1 amide bonds. The first-order valence-corrected chi connectivity index (χ1v) is 11.9. The number of carbonyl (C=O) groups is 2. The molecule has 1 heterocycles. The third kappa shape index (κ3) is 6.12. The third-order valence-corrected chi connectivity index (χ3v) is 5.59. The van der Waals surface area contributed by atoms with Gasteiger partial charge < -0.3 is 24.6 Å². The number of anilines is 3. The van der Waals surface area contributed by atoms with Crippen LogP contribution in [-0.2, 0) is 4.74 Å². The number of nitrogens with zero attached hydrogens (tertiary/aromatic N) is 1. The number of rotatable bonds is 7. The lowest BCUT2D eigenvalue weighted by Crippen LogP contribution is -2.27. The number of aromatic carboxylic acids is 1. The van der Waals surface area contributed by atoms with E-state index in [0.717, 1.165) is 10.8 Å². The summed E-state index contributed by atoms with van der Waals surface area (Å²) >= 11 is 0. The molecule has 0 aliphatic heterocycles. The lowest BCUT2D eigenvalue weighted by molar-refractivity contribution is 0.0634. The van der Waals surface area contributed by atoms with Crippen LogP contribution in [-0.4, -0.2) is 34.9 Å². The lowest BCUT2D eigenvalue weighted by atomic mass is 10.1. The van der Waals surface area contributed by atoms with Gasteiger partial charge in [0, 0.05) is 34.8 Å². The van der Waals surface area contributed by atoms with E-state index in [-0.39, 0.29) is 5.56 Å². The number of carboxylic acid groups (broad SMARTS) is 1. The quantitative estimate of drug-likeness (QED) is 0.238. The average molecular weight is 516 g/mol. The van der Waals surface area contributed by atoms with Gasteiger partial charge in [-0.15, -0.1) is 0 Å². The first-order chi connectivity index (χ1) is 18.0. The number of fused-ring (bicyclic) bond motifs is 1. The van der Waals surface area contributed by atoms with Crippen molar-refractivity contribution in [3.8, 4) is 17.2 Å². The molecule has 196 valence electrons. The SMILES string of the molecule is COc1cc(Nc2cc(Oc3ccc(NC(=O)OC(C)(C)C)c4ccccc34)ccn2)c(C)c(C(=O)O)c1. The van der Waals surface area contributed by atoms with Crippen LogP contribution in [0.3, 0.4) is 0 Å². The Morgan fingerprint density at radius 2 is 1.66 bits per heavy atom. The minimum atomic E-state index is -1.05. The minimum Gasteiger partial charge on any atom is -0.497 e. The van der Waals surface area contributed by atoms with Crippen LogP contribution in [0, 0.1) is 6.92 Å². The van der Waals surface area contributed by atoms with Crippen molar-refractivity contribution in [1.29, 1.82) is 0 Å². The molecule has 3 aromatic carbocycles. The van der Waals surface area contributed by atoms with Crippen LogP contribution in [0.2, 0.25) is 0 Å². The standard InChI is InChI=1S/C29H29N3O6/c1-17-22(27(33)34)14-19(36-5)15-24(17)31-26-16-18(12-13-30-26)37-25-11-10-23(20-8-6-7-9-21(20)25)32-28(35)38-29(2,3)4/h6-16H,1-5H3,(H,30,31)(H,32,35)(H,33,34). The van der Waals surface area contributed by atoms with Crippen molar-refractivity contribution in [3.05, 3.63) is 78.0 Å². The summed E-state index contributed by atoms with van der Waals surface area (Å²) in [6.45, 7) is 7.13. The molecule has 0 aliphatic carbocycles. The number of methoxy groups -OCH3 is 1. The topological polar surface area (TPSA) is 119 Å². The van der Waals surface area contributed by atoms with Crippen LogP contribution in [0.15, 0.2) is 66.9 Å². The summed E-state index contributed by atoms with van der Waals surface area (Å²) in [5.41, 5.74) is 1.21. The Labute approximate surface area is 220 Å². The van der Waals surface area contributed by atoms with Gasteiger partial charge in [0.05, 0.1) is 18.4 Å². The van der Waals surface area contributed by atoms with E-state index in [1.165, 1.54) is 13.2 Å². The fourth-order valence-corrected chi connectivity index (χ4v) is 3.85. The molecule has 0 aliphatic rings. The Bertz CT molecular complexity index is 1510. The van der Waals surface area contributed by atoms with Crippen molar-refractivity contribution in [2.24, 2.45) is 0 Å². The van der Waals surface area contributed by atoms with E-state index in [1.54, 1.807) is 64.2 Å². The number of aromatic nitrogens is 1. The van der Waals surface area contributed by atoms with Gasteiger partial charge in [0.25, 0.3) is 0 Å². The van der Waals surface area contributed by atoms with Crippen molar-refractivity contribution in [1.82, 2.24) is 4.98 Å². The Hall–Kier alpha value is -4.79. The summed E-state index contributed by atoms with van der Waals surface area (Å²) in [6.07, 6.45) is 1.05. The first kappa shape index (κ1) is 26.3. The Balaban J connectivity index is 1.61. The van der Waals surface area contributed by atoms with Gasteiger partial charge >= 0.3 is 12.1 Å². The zero-order valence-electron chi connectivity index (χ0n) is 21.8. The summed E-state index contributed by atoms with van der Waals surface area (Å²) in [6, 6.07) is 17.7. The van der Waals surface area contributed by atoms with Gasteiger partial charge in [0.15, 0.2) is 0 Å². The van der Waals surface area contributed by atoms with Crippen LogP contribution in [0.1, 0.15) is 36.7 Å². The molecule has 0 saturated heterocycles. The second-order valence-corrected chi connectivity index (χ2v) is 9.54. The lowest BCUT2D eigenvalue weighted by Gasteiger charge is -2.20. The predicted molar refractivity (Wildman–Crippen MR) is 146 cm³/mol. The Morgan fingerprint density at radius 1 is 0.921 bits per heavy atom. The molecular weight excluding hydrogens is 486 g/mol. The maximum absolute atomic E-state index is 12.3. The molecule has 0 radical (unpaired) electrons. The number of benzene rings is 3. The largest absolute Gasteiger partial charge is 0.497 e. The normalized spacial score (nSPS) is 11.1. The number of ether oxygens (including phenoxy) is 3. The number of pyridine rings is 1. The zero-order valence-corrected chi connectivity index (χ0v) is 21.8. The molecule has 0 bridgehead atoms. The summed E-state index contributed by atoms with van der Waals surface area (Å²) in [5, 5.41) is 17.1. The van der Waals surface area contributed by atoms with Crippen LogP contribution in [0.5, 0.6) is 17.2 Å². The number of hydrogen-bond donors (Lipinski definition) is 3. The van der Waals surface area contributed by atoms with E-state index >= 15 is 0 Å². The second kappa shape index (κ2) is 10.7. The molecular formula is C29H29N3O6. The van der Waals surface area contributed by atoms with Gasteiger partial charge in [-0.25, -0.2) is 14.6 Å². The van der Waals surface area contributed by atoms with E-state index in [9.17, 15) is 14.7 Å². The molecule has 4 aromatic rings. The molecule has 1 aromatic heterocycles. The number of amides is 1. The maximum Gasteiger partial charge on any atom is 0.412 e. The predicted octanol–water partition coefficient (Wildman–Crippen LogP) is 7.13. The molecule has 0 unspecified atom stereocenters. The molecule has 4 rings (SSSR count). The van der Waals surface area contributed by atoms with Gasteiger partial charge in [-0.05, 0) is 57.5 Å². The smallest absolute Gasteiger partial charge is 0.412 e. The Morgan fingerprint density at radius 3 is 2.34 bits per heavy atom. The van der Waals surface area contributed by atoms with Gasteiger partial charge in [0.1, 0.15) is 28.7 Å². The van der Waals surface area contributed by atoms with Crippen LogP contribution in [0.4, 0.5) is 22.0 Å². The minimum absolute atomic E-state index is 0.130. The summed E-state index contributed by atoms with van der Waals surface area (Å²) in [7, 11) is 1.48. The van der Waals surface area contributed by atoms with Crippen LogP contribution >= 0.6 is 0 Å². The molecule has 38 heavy (non-hydrogen) atoms. The Kier molecular flexibility index (Phi) is 7.38. The molecule has 0 atom stereocenters. The number of nitrogens with one attached hydrogen (secondary N) is 2. The molecule has 9 heteroatoms. The van der Waals surface area contributed by atoms with Gasteiger partial charge in [-0.2, -0.15) is 0 Å². The fraction of sp³-hybridized carbons (Fsp3) is 0.207. The van der Waals surface area contributed by atoms with Crippen molar-refractivity contribution in [2.45, 2.75) is 33.3 Å². The van der Waals surface area contributed by atoms with E-state index < -0.39 is 17.7 Å². The fourth-order valence-electron chi connectivity index (χ4n) is 3.85. The highest BCUT2D eigenvalue weighted by Gasteiger charge is 2.18. The highest BCUT2D eigenvalue weighted by molar-refractivity contribution is 6.03. The first-order valence-electron chi connectivity index (χ1n) is 11.9. The van der Waals surface area contributed by atoms with Gasteiger partial charge in [0.2, 0.25) is 0 Å². The molecule has 0 spiro atoms. The van der Waals surface area contributed by atoms with Crippen LogP contribution < -0.4 is 20.1 Å². The summed E-state index contributed by atoms with van der Waals surface area (Å²) in [5.74, 6) is 0.917. The average Bonchev–Trinajstić information content (AvgIpc) is 2.85. The van der Waals surface area contributed by atoms with Crippen LogP contribution in [0.25, 0.3) is 10.8 Å². The van der Waals surface area contributed by atoms with Gasteiger partial charge in [-0.1, -0.05) is 24.3 Å². The summed E-state index contributed by atoms with van der Waals surface area (Å²) in [4.78, 5) is 28.3. The highest BCUT2D eigenvalue weighted by atomic mass is 16.6. The van der Waals surface area contributed by atoms with E-state index in [4.69, 9.17) is 14.2 Å². The van der Waals surface area contributed by atoms with Crippen molar-refractivity contribution >= 4 is 40.0 Å². The number of carbonyl (C=O) groups excluding carboxylic acids is 1. The van der Waals surface area contributed by atoms with Crippen molar-refractivity contribution in [3.63, 3.8) is 0 Å². The summed E-state index contributed by atoms with van der Waals surface area (Å²) < 4.78 is 16.8. The molecule has 3 N–H and O–H groups in total. The molecule has 0 saturated carbocycles. The van der Waals surface area contributed by atoms with E-state index in [1.807, 2.05) is 24.3 Å². The molecule has 0 fully saturated rings. The van der Waals surface area contributed by atoms with Gasteiger partial charge in [-0.3, -0.25) is 5.32 Å². The zero-order chi connectivity index (χ0) is 27.4. The second-order valence-electron chi connectivity index (χ2n) is 9.54. The third-order valence-electron chi connectivity index (χ3n) is 5.59. The number of hydrogen-bond acceptors (Lipinski definition) is 7. The monoisotopic (exact) mass is 515 g/mol. The van der Waals surface area contributed by atoms with Crippen molar-refractivity contribution in [2.75, 3.05) is 17.7 Å². The molecule has 9 nitrogen and oxygen atoms in total. The van der Waals surface area contributed by atoms with Crippen molar-refractivity contribution < 1.29 is 28.9 Å². The highest BCUT2D eigenvalue weighted by Crippen LogP contribution is 2.36. The number of carboxylic acids is 1.